The Bertz CT molecular complexity index is 1130. The first-order valence-corrected chi connectivity index (χ1v) is 10.3. The van der Waals surface area contributed by atoms with Crippen molar-refractivity contribution in [2.24, 2.45) is 0 Å². The Balaban J connectivity index is 1.76. The van der Waals surface area contributed by atoms with Gasteiger partial charge in [-0.15, -0.1) is 0 Å². The highest BCUT2D eigenvalue weighted by molar-refractivity contribution is 5.87. The number of fused-ring (bicyclic) bond motifs is 1. The molecule has 1 aliphatic rings. The van der Waals surface area contributed by atoms with Gasteiger partial charge in [0.25, 0.3) is 0 Å². The highest BCUT2D eigenvalue weighted by Crippen LogP contribution is 2.36. The minimum absolute atomic E-state index is 0.261. The molecule has 1 heterocycles. The van der Waals surface area contributed by atoms with Gasteiger partial charge < -0.3 is 14.8 Å². The van der Waals surface area contributed by atoms with E-state index in [1.807, 2.05) is 54.0 Å². The highest BCUT2D eigenvalue weighted by atomic mass is 16.4. The summed E-state index contributed by atoms with van der Waals surface area (Å²) >= 11 is 0. The zero-order chi connectivity index (χ0) is 21.3. The van der Waals surface area contributed by atoms with Crippen molar-refractivity contribution in [3.05, 3.63) is 93.4 Å². The minimum Gasteiger partial charge on any atom is -0.477 e. The van der Waals surface area contributed by atoms with Crippen LogP contribution in [0.1, 0.15) is 53.4 Å². The quantitative estimate of drug-likeness (QED) is 0.669. The summed E-state index contributed by atoms with van der Waals surface area (Å²) < 4.78 is 1.83. The fraction of sp³-hybridized carbons (Fsp3) is 0.280. The number of benzene rings is 2. The number of carbonyl (C=O) groups is 1. The number of aromatic nitrogens is 1. The molecule has 1 unspecified atom stereocenters. The number of hydrogen-bond donors (Lipinski definition) is 2. The predicted octanol–water partition coefficient (Wildman–Crippen LogP) is 4.20. The fourth-order valence-electron chi connectivity index (χ4n) is 4.40. The van der Waals surface area contributed by atoms with Crippen LogP contribution in [-0.2, 0) is 18.6 Å². The Morgan fingerprint density at radius 2 is 1.73 bits per heavy atom. The first kappa shape index (κ1) is 20.1. The van der Waals surface area contributed by atoms with Crippen molar-refractivity contribution in [2.75, 3.05) is 0 Å². The van der Waals surface area contributed by atoms with Gasteiger partial charge in [-0.25, -0.2) is 4.79 Å². The van der Waals surface area contributed by atoms with Crippen molar-refractivity contribution in [2.45, 2.75) is 44.8 Å². The topological polar surface area (TPSA) is 79.5 Å². The average Bonchev–Trinajstić information content (AvgIpc) is 2.76. The smallest absolute Gasteiger partial charge is 0.341 e. The van der Waals surface area contributed by atoms with E-state index in [-0.39, 0.29) is 11.1 Å². The molecular weight excluding hydrogens is 378 g/mol. The lowest BCUT2D eigenvalue weighted by Gasteiger charge is -2.34. The van der Waals surface area contributed by atoms with Crippen LogP contribution in [0.15, 0.2) is 65.6 Å². The predicted molar refractivity (Wildman–Crippen MR) is 116 cm³/mol. The Morgan fingerprint density at radius 1 is 1.07 bits per heavy atom. The van der Waals surface area contributed by atoms with Gasteiger partial charge in [0, 0.05) is 18.4 Å². The van der Waals surface area contributed by atoms with Gasteiger partial charge in [-0.3, -0.25) is 4.79 Å². The van der Waals surface area contributed by atoms with E-state index in [1.165, 1.54) is 6.20 Å². The van der Waals surface area contributed by atoms with Gasteiger partial charge in [-0.1, -0.05) is 61.5 Å². The summed E-state index contributed by atoms with van der Waals surface area (Å²) in [6.45, 7) is 2.27. The van der Waals surface area contributed by atoms with Crippen LogP contribution in [0.4, 0.5) is 0 Å². The molecule has 154 valence electrons. The van der Waals surface area contributed by atoms with Gasteiger partial charge in [0.1, 0.15) is 5.56 Å². The molecule has 2 aromatic carbocycles. The van der Waals surface area contributed by atoms with Gasteiger partial charge >= 0.3 is 5.97 Å². The van der Waals surface area contributed by atoms with Crippen LogP contribution >= 0.6 is 0 Å². The van der Waals surface area contributed by atoms with Crippen LogP contribution in [-0.4, -0.2) is 20.7 Å². The number of carboxylic acids is 1. The second-order valence-electron chi connectivity index (χ2n) is 7.93. The zero-order valence-corrected chi connectivity index (χ0v) is 17.0. The molecule has 1 aliphatic carbocycles. The molecule has 0 aliphatic heterocycles. The molecule has 1 aromatic heterocycles. The van der Waals surface area contributed by atoms with E-state index in [9.17, 15) is 19.8 Å². The Kier molecular flexibility index (Phi) is 5.31. The van der Waals surface area contributed by atoms with E-state index in [1.54, 1.807) is 0 Å². The Morgan fingerprint density at radius 3 is 2.37 bits per heavy atom. The van der Waals surface area contributed by atoms with Gasteiger partial charge in [0.2, 0.25) is 5.43 Å². The molecule has 0 saturated heterocycles. The van der Waals surface area contributed by atoms with Crippen LogP contribution in [0.3, 0.4) is 0 Å². The Hall–Kier alpha value is -3.18. The molecule has 0 fully saturated rings. The molecule has 4 rings (SSSR count). The third-order valence-corrected chi connectivity index (χ3v) is 6.09. The summed E-state index contributed by atoms with van der Waals surface area (Å²) in [5.41, 5.74) is 2.13. The van der Waals surface area contributed by atoms with Crippen molar-refractivity contribution < 1.29 is 15.0 Å². The normalized spacial score (nSPS) is 18.1. The molecule has 30 heavy (non-hydrogen) atoms. The summed E-state index contributed by atoms with van der Waals surface area (Å²) in [4.78, 5) is 24.6. The largest absolute Gasteiger partial charge is 0.477 e. The second-order valence-corrected chi connectivity index (χ2v) is 7.93. The Labute approximate surface area is 175 Å². The molecule has 0 bridgehead atoms. The molecular formula is C25H25NO4. The van der Waals surface area contributed by atoms with Crippen LogP contribution in [0.2, 0.25) is 0 Å². The number of aromatic carboxylic acids is 1. The molecule has 0 spiro atoms. The van der Waals surface area contributed by atoms with Gasteiger partial charge in [-0.2, -0.15) is 0 Å². The fourth-order valence-corrected chi connectivity index (χ4v) is 4.40. The summed E-state index contributed by atoms with van der Waals surface area (Å²) in [7, 11) is 0. The minimum atomic E-state index is -1.27. The molecule has 1 atom stereocenters. The average molecular weight is 403 g/mol. The van der Waals surface area contributed by atoms with Crippen molar-refractivity contribution in [1.82, 2.24) is 4.57 Å². The van der Waals surface area contributed by atoms with Gasteiger partial charge in [0.05, 0.1) is 11.2 Å². The third kappa shape index (κ3) is 3.57. The van der Waals surface area contributed by atoms with E-state index in [0.29, 0.717) is 25.8 Å². The lowest BCUT2D eigenvalue weighted by molar-refractivity contribution is 0.0122. The molecule has 0 amide bonds. The second kappa shape index (κ2) is 7.92. The number of hydrogen-bond acceptors (Lipinski definition) is 3. The van der Waals surface area contributed by atoms with Crippen LogP contribution < -0.4 is 5.43 Å². The molecule has 2 N–H and O–H groups in total. The van der Waals surface area contributed by atoms with Gasteiger partial charge in [-0.05, 0) is 42.4 Å². The van der Waals surface area contributed by atoms with Crippen molar-refractivity contribution >= 4 is 5.97 Å². The molecule has 3 aromatic rings. The van der Waals surface area contributed by atoms with Crippen LogP contribution in [0.5, 0.6) is 0 Å². The summed E-state index contributed by atoms with van der Waals surface area (Å²) in [5, 5.41) is 20.6. The van der Waals surface area contributed by atoms with Crippen molar-refractivity contribution in [1.29, 1.82) is 0 Å². The highest BCUT2D eigenvalue weighted by Gasteiger charge is 2.38. The number of nitrogens with zero attached hydrogens (tertiary/aromatic N) is 1. The molecule has 5 heteroatoms. The lowest BCUT2D eigenvalue weighted by Crippen LogP contribution is -2.40. The maximum Gasteiger partial charge on any atom is 0.341 e. The number of carboxylic acid groups (broad SMARTS) is 1. The van der Waals surface area contributed by atoms with Crippen LogP contribution in [0.25, 0.3) is 11.1 Å². The van der Waals surface area contributed by atoms with Crippen molar-refractivity contribution in [3.8, 4) is 11.1 Å². The summed E-state index contributed by atoms with van der Waals surface area (Å²) in [6.07, 6.45) is 3.69. The molecule has 0 saturated carbocycles. The van der Waals surface area contributed by atoms with Crippen molar-refractivity contribution in [3.63, 3.8) is 0 Å². The van der Waals surface area contributed by atoms with Crippen LogP contribution in [0, 0.1) is 0 Å². The maximum absolute atomic E-state index is 12.9. The van der Waals surface area contributed by atoms with E-state index >= 15 is 0 Å². The standard InChI is InChI=1S/C25H25NO4/c1-2-25(30)14-6-9-21-22(25)23(27)20(24(28)29)16-26(21)15-17-10-12-19(13-11-17)18-7-4-3-5-8-18/h3-5,7-8,10-13,16,30H,2,6,9,14-15H2,1H3,(H,28,29). The molecule has 0 radical (unpaired) electrons. The number of rotatable bonds is 5. The first-order chi connectivity index (χ1) is 14.4. The number of pyridine rings is 1. The molecule has 5 nitrogen and oxygen atoms in total. The van der Waals surface area contributed by atoms with E-state index in [4.69, 9.17) is 0 Å². The summed E-state index contributed by atoms with van der Waals surface area (Å²) in [5.74, 6) is -1.26. The van der Waals surface area contributed by atoms with E-state index in [0.717, 1.165) is 28.8 Å². The zero-order valence-electron chi connectivity index (χ0n) is 17.0. The first-order valence-electron chi connectivity index (χ1n) is 10.3. The monoisotopic (exact) mass is 403 g/mol. The SMILES string of the molecule is CCC1(O)CCCc2c1c(=O)c(C(=O)O)cn2Cc1ccc(-c2ccccc2)cc1. The third-order valence-electron chi connectivity index (χ3n) is 6.09. The lowest BCUT2D eigenvalue weighted by atomic mass is 9.78. The van der Waals surface area contributed by atoms with E-state index < -0.39 is 17.0 Å². The summed E-state index contributed by atoms with van der Waals surface area (Å²) in [6, 6.07) is 18.2. The van der Waals surface area contributed by atoms with E-state index in [2.05, 4.69) is 12.1 Å². The van der Waals surface area contributed by atoms with Gasteiger partial charge in [0.15, 0.2) is 0 Å². The maximum atomic E-state index is 12.9. The number of aliphatic hydroxyl groups is 1.